The van der Waals surface area contributed by atoms with Crippen molar-refractivity contribution >= 4 is 0 Å². The second-order valence-corrected chi connectivity index (χ2v) is 4.51. The molecule has 0 saturated carbocycles. The molecule has 1 unspecified atom stereocenters. The largest absolute Gasteiger partial charge is 0.472 e. The molecule has 2 aromatic rings. The minimum absolute atomic E-state index is 0.0171. The quantitative estimate of drug-likeness (QED) is 0.899. The highest BCUT2D eigenvalue weighted by atomic mass is 16.5. The van der Waals surface area contributed by atoms with Crippen LogP contribution in [0, 0.1) is 0 Å². The molecule has 0 amide bonds. The Morgan fingerprint density at radius 2 is 2.20 bits per heavy atom. The maximum Gasteiger partial charge on any atom is 0.236 e. The third-order valence-corrected chi connectivity index (χ3v) is 3.02. The number of nitrogens with zero attached hydrogens (tertiary/aromatic N) is 3. The first-order valence-electron chi connectivity index (χ1n) is 6.59. The van der Waals surface area contributed by atoms with E-state index in [1.54, 1.807) is 0 Å². The van der Waals surface area contributed by atoms with E-state index < -0.39 is 0 Å². The van der Waals surface area contributed by atoms with Crippen molar-refractivity contribution in [1.82, 2.24) is 20.5 Å². The van der Waals surface area contributed by atoms with Gasteiger partial charge in [-0.2, -0.15) is 10.1 Å². The highest BCUT2D eigenvalue weighted by Gasteiger charge is 2.19. The zero-order valence-corrected chi connectivity index (χ0v) is 11.0. The van der Waals surface area contributed by atoms with Crippen molar-refractivity contribution in [2.24, 2.45) is 0 Å². The Kier molecular flexibility index (Phi) is 4.15. The number of rotatable bonds is 4. The fraction of sp³-hybridized carbons (Fsp3) is 0.357. The molecule has 6 nitrogen and oxygen atoms in total. The predicted molar refractivity (Wildman–Crippen MR) is 72.2 cm³/mol. The third kappa shape index (κ3) is 3.28. The van der Waals surface area contributed by atoms with Crippen LogP contribution in [-0.2, 0) is 11.3 Å². The van der Waals surface area contributed by atoms with Crippen molar-refractivity contribution in [2.45, 2.75) is 12.6 Å². The molecule has 1 N–H and O–H groups in total. The van der Waals surface area contributed by atoms with E-state index in [-0.39, 0.29) is 6.04 Å². The summed E-state index contributed by atoms with van der Waals surface area (Å²) in [4.78, 5) is 4.37. The number of ether oxygens (including phenoxy) is 2. The van der Waals surface area contributed by atoms with E-state index in [0.29, 0.717) is 31.5 Å². The Morgan fingerprint density at radius 1 is 1.30 bits per heavy atom. The van der Waals surface area contributed by atoms with E-state index in [2.05, 4.69) is 20.5 Å². The molecule has 1 saturated heterocycles. The number of hydrogen-bond donors (Lipinski definition) is 1. The lowest BCUT2D eigenvalue weighted by Crippen LogP contribution is -2.35. The van der Waals surface area contributed by atoms with Gasteiger partial charge >= 0.3 is 0 Å². The Bertz CT molecular complexity index is 544. The van der Waals surface area contributed by atoms with Crippen molar-refractivity contribution in [1.29, 1.82) is 0 Å². The number of aromatic nitrogens is 3. The van der Waals surface area contributed by atoms with Crippen molar-refractivity contribution in [3.63, 3.8) is 0 Å². The Labute approximate surface area is 117 Å². The van der Waals surface area contributed by atoms with Crippen LogP contribution in [0.1, 0.15) is 17.4 Å². The van der Waals surface area contributed by atoms with E-state index in [4.69, 9.17) is 9.47 Å². The summed E-state index contributed by atoms with van der Waals surface area (Å²) in [6.45, 7) is 2.54. The van der Waals surface area contributed by atoms with E-state index in [1.807, 2.05) is 30.3 Å². The lowest BCUT2D eigenvalue weighted by Gasteiger charge is -2.22. The van der Waals surface area contributed by atoms with Crippen LogP contribution in [0.3, 0.4) is 0 Å². The van der Waals surface area contributed by atoms with Gasteiger partial charge in [0.25, 0.3) is 0 Å². The van der Waals surface area contributed by atoms with E-state index >= 15 is 0 Å². The summed E-state index contributed by atoms with van der Waals surface area (Å²) in [7, 11) is 0. The van der Waals surface area contributed by atoms with Crippen LogP contribution in [0.25, 0.3) is 0 Å². The zero-order chi connectivity index (χ0) is 13.6. The van der Waals surface area contributed by atoms with Gasteiger partial charge in [0.15, 0.2) is 5.82 Å². The molecule has 2 heterocycles. The van der Waals surface area contributed by atoms with Gasteiger partial charge in [-0.15, -0.1) is 5.10 Å². The summed E-state index contributed by atoms with van der Waals surface area (Å²) in [6.07, 6.45) is 1.52. The van der Waals surface area contributed by atoms with Gasteiger partial charge in [-0.3, -0.25) is 0 Å². The van der Waals surface area contributed by atoms with Crippen LogP contribution in [0.2, 0.25) is 0 Å². The lowest BCUT2D eigenvalue weighted by molar-refractivity contribution is 0.0735. The SMILES string of the molecule is c1ccc(COc2cnnc(C3COCCN3)n2)cc1. The van der Waals surface area contributed by atoms with Gasteiger partial charge in [0.2, 0.25) is 5.88 Å². The van der Waals surface area contributed by atoms with E-state index in [0.717, 1.165) is 12.1 Å². The van der Waals surface area contributed by atoms with Gasteiger partial charge in [-0.25, -0.2) is 0 Å². The first-order valence-corrected chi connectivity index (χ1v) is 6.59. The molecule has 3 rings (SSSR count). The Balaban J connectivity index is 1.65. The van der Waals surface area contributed by atoms with Gasteiger partial charge < -0.3 is 14.8 Å². The normalized spacial score (nSPS) is 18.7. The van der Waals surface area contributed by atoms with Gasteiger partial charge in [0.05, 0.1) is 19.3 Å². The first-order chi connectivity index (χ1) is 9.92. The summed E-state index contributed by atoms with van der Waals surface area (Å²) in [6, 6.07) is 9.93. The molecule has 6 heteroatoms. The molecule has 20 heavy (non-hydrogen) atoms. The number of benzene rings is 1. The maximum absolute atomic E-state index is 5.64. The molecule has 0 spiro atoms. The topological polar surface area (TPSA) is 69.2 Å². The fourth-order valence-electron chi connectivity index (χ4n) is 1.98. The minimum Gasteiger partial charge on any atom is -0.472 e. The number of morpholine rings is 1. The minimum atomic E-state index is -0.0171. The fourth-order valence-corrected chi connectivity index (χ4v) is 1.98. The summed E-state index contributed by atoms with van der Waals surface area (Å²) in [5.74, 6) is 1.08. The maximum atomic E-state index is 5.64. The molecule has 0 aliphatic carbocycles. The molecule has 0 bridgehead atoms. The molecule has 1 aromatic carbocycles. The monoisotopic (exact) mass is 272 g/mol. The first kappa shape index (κ1) is 13.0. The van der Waals surface area contributed by atoms with Crippen LogP contribution in [-0.4, -0.2) is 34.9 Å². The third-order valence-electron chi connectivity index (χ3n) is 3.02. The molecule has 1 aliphatic rings. The van der Waals surface area contributed by atoms with Gasteiger partial charge in [-0.05, 0) is 5.56 Å². The van der Waals surface area contributed by atoms with Gasteiger partial charge in [0.1, 0.15) is 12.8 Å². The predicted octanol–water partition coefficient (Wildman–Crippen LogP) is 1.11. The number of nitrogens with one attached hydrogen (secondary N) is 1. The zero-order valence-electron chi connectivity index (χ0n) is 11.0. The Morgan fingerprint density at radius 3 is 3.00 bits per heavy atom. The highest BCUT2D eigenvalue weighted by Crippen LogP contribution is 2.14. The van der Waals surface area contributed by atoms with Crippen molar-refractivity contribution in [2.75, 3.05) is 19.8 Å². The van der Waals surface area contributed by atoms with Crippen LogP contribution in [0.5, 0.6) is 5.88 Å². The molecule has 1 atom stereocenters. The lowest BCUT2D eigenvalue weighted by atomic mass is 10.2. The van der Waals surface area contributed by atoms with Gasteiger partial charge in [-0.1, -0.05) is 30.3 Å². The van der Waals surface area contributed by atoms with Crippen molar-refractivity contribution in [3.05, 3.63) is 47.9 Å². The van der Waals surface area contributed by atoms with Gasteiger partial charge in [0, 0.05) is 6.54 Å². The van der Waals surface area contributed by atoms with Crippen LogP contribution >= 0.6 is 0 Å². The van der Waals surface area contributed by atoms with Crippen molar-refractivity contribution in [3.8, 4) is 5.88 Å². The van der Waals surface area contributed by atoms with Crippen LogP contribution < -0.4 is 10.1 Å². The molecular formula is C14H16N4O2. The summed E-state index contributed by atoms with van der Waals surface area (Å²) >= 11 is 0. The molecular weight excluding hydrogens is 256 g/mol. The molecule has 1 aliphatic heterocycles. The molecule has 104 valence electrons. The smallest absolute Gasteiger partial charge is 0.236 e. The van der Waals surface area contributed by atoms with E-state index in [1.165, 1.54) is 6.20 Å². The summed E-state index contributed by atoms with van der Waals surface area (Å²) < 4.78 is 11.0. The molecule has 1 aromatic heterocycles. The molecule has 1 fully saturated rings. The summed E-state index contributed by atoms with van der Waals surface area (Å²) in [5, 5.41) is 11.3. The van der Waals surface area contributed by atoms with Crippen LogP contribution in [0.15, 0.2) is 36.5 Å². The number of hydrogen-bond acceptors (Lipinski definition) is 6. The standard InChI is InChI=1S/C14H16N4O2/c1-2-4-11(5-3-1)9-20-13-8-16-18-14(17-13)12-10-19-7-6-15-12/h1-5,8,12,15H,6-7,9-10H2. The van der Waals surface area contributed by atoms with Crippen LogP contribution in [0.4, 0.5) is 0 Å². The highest BCUT2D eigenvalue weighted by molar-refractivity contribution is 5.15. The second kappa shape index (κ2) is 6.40. The summed E-state index contributed by atoms with van der Waals surface area (Å²) in [5.41, 5.74) is 1.09. The second-order valence-electron chi connectivity index (χ2n) is 4.51. The molecule has 0 radical (unpaired) electrons. The average molecular weight is 272 g/mol. The van der Waals surface area contributed by atoms with E-state index in [9.17, 15) is 0 Å². The average Bonchev–Trinajstić information content (AvgIpc) is 2.55. The van der Waals surface area contributed by atoms with Crippen molar-refractivity contribution < 1.29 is 9.47 Å². The Hall–Kier alpha value is -2.05.